The summed E-state index contributed by atoms with van der Waals surface area (Å²) >= 11 is 0. The molecular weight excluding hydrogens is 328 g/mol. The van der Waals surface area contributed by atoms with Crippen molar-refractivity contribution in [3.8, 4) is 5.75 Å². The average Bonchev–Trinajstić information content (AvgIpc) is 3.33. The molecule has 5 nitrogen and oxygen atoms in total. The number of aliphatic hydroxyl groups excluding tert-OH is 2. The fourth-order valence-corrected chi connectivity index (χ4v) is 5.89. The van der Waals surface area contributed by atoms with Gasteiger partial charge in [-0.25, -0.2) is 8.42 Å². The quantitative estimate of drug-likeness (QED) is 0.828. The number of ether oxygens (including phenoxy) is 1. The van der Waals surface area contributed by atoms with E-state index in [1.165, 1.54) is 12.1 Å². The minimum absolute atomic E-state index is 0.206. The molecule has 2 aromatic rings. The van der Waals surface area contributed by atoms with Crippen LogP contribution in [0, 0.1) is 5.41 Å². The number of sulfone groups is 1. The normalized spacial score (nSPS) is 22.1. The van der Waals surface area contributed by atoms with Gasteiger partial charge in [0, 0.05) is 11.3 Å². The first-order valence-electron chi connectivity index (χ1n) is 7.66. The van der Waals surface area contributed by atoms with E-state index in [0.29, 0.717) is 5.75 Å². The van der Waals surface area contributed by atoms with Crippen LogP contribution >= 0.6 is 0 Å². The lowest BCUT2D eigenvalue weighted by Gasteiger charge is -2.11. The summed E-state index contributed by atoms with van der Waals surface area (Å²) in [5, 5.41) is 18.8. The van der Waals surface area contributed by atoms with Crippen molar-refractivity contribution in [1.29, 1.82) is 0 Å². The van der Waals surface area contributed by atoms with Crippen LogP contribution in [0.3, 0.4) is 0 Å². The lowest BCUT2D eigenvalue weighted by Crippen LogP contribution is -2.22. The molecule has 1 fully saturated rings. The van der Waals surface area contributed by atoms with Crippen LogP contribution in [0.25, 0.3) is 0 Å². The summed E-state index contributed by atoms with van der Waals surface area (Å²) in [6.45, 7) is -0.784. The zero-order valence-electron chi connectivity index (χ0n) is 13.3. The van der Waals surface area contributed by atoms with E-state index >= 15 is 0 Å². The maximum Gasteiger partial charge on any atom is 0.182 e. The van der Waals surface area contributed by atoms with Gasteiger partial charge in [0.2, 0.25) is 0 Å². The summed E-state index contributed by atoms with van der Waals surface area (Å²) in [7, 11) is -2.11. The fraction of sp³-hybridized carbons (Fsp3) is 0.333. The third-order valence-electron chi connectivity index (χ3n) is 4.85. The number of hydrogen-bond acceptors (Lipinski definition) is 5. The van der Waals surface area contributed by atoms with Crippen molar-refractivity contribution in [2.24, 2.45) is 5.41 Å². The highest BCUT2D eigenvalue weighted by Gasteiger charge is 2.70. The number of benzene rings is 2. The Morgan fingerprint density at radius 2 is 1.58 bits per heavy atom. The van der Waals surface area contributed by atoms with Gasteiger partial charge in [0.15, 0.2) is 9.84 Å². The molecule has 2 aromatic carbocycles. The number of methoxy groups -OCH3 is 1. The van der Waals surface area contributed by atoms with Crippen molar-refractivity contribution < 1.29 is 23.4 Å². The average molecular weight is 348 g/mol. The zero-order chi connectivity index (χ0) is 17.4. The highest BCUT2D eigenvalue weighted by molar-refractivity contribution is 7.92. The van der Waals surface area contributed by atoms with Crippen LogP contribution in [0.4, 0.5) is 0 Å². The van der Waals surface area contributed by atoms with Crippen LogP contribution in [0.2, 0.25) is 0 Å². The first-order chi connectivity index (χ1) is 11.5. The second kappa shape index (κ2) is 6.20. The van der Waals surface area contributed by atoms with Crippen molar-refractivity contribution >= 4 is 9.84 Å². The molecule has 0 aromatic heterocycles. The minimum atomic E-state index is -3.66. The zero-order valence-corrected chi connectivity index (χ0v) is 14.1. The Morgan fingerprint density at radius 3 is 2.08 bits per heavy atom. The van der Waals surface area contributed by atoms with E-state index in [1.54, 1.807) is 49.6 Å². The third kappa shape index (κ3) is 2.51. The second-order valence-electron chi connectivity index (χ2n) is 6.08. The van der Waals surface area contributed by atoms with E-state index in [4.69, 9.17) is 4.74 Å². The Hall–Kier alpha value is -1.89. The summed E-state index contributed by atoms with van der Waals surface area (Å²) in [5.74, 6) is 0.212. The Morgan fingerprint density at radius 1 is 1.00 bits per heavy atom. The molecule has 0 bridgehead atoms. The summed E-state index contributed by atoms with van der Waals surface area (Å²) in [5.41, 5.74) is -0.299. The second-order valence-corrected chi connectivity index (χ2v) is 8.15. The Balaban J connectivity index is 2.02. The molecule has 1 saturated carbocycles. The maximum absolute atomic E-state index is 13.0. The molecule has 3 rings (SSSR count). The fourth-order valence-electron chi connectivity index (χ4n) is 3.44. The standard InChI is InChI=1S/C18H20O5S/c1-23-14-9-7-13(8-10-14)16-17(18(16,11-19)12-20)24(21,22)15-5-3-2-4-6-15/h2-10,16-17,19-20H,11-12H2,1H3. The van der Waals surface area contributed by atoms with Crippen LogP contribution < -0.4 is 4.74 Å². The monoisotopic (exact) mass is 348 g/mol. The van der Waals surface area contributed by atoms with Crippen LogP contribution in [-0.4, -0.2) is 44.2 Å². The van der Waals surface area contributed by atoms with Gasteiger partial charge in [-0.15, -0.1) is 0 Å². The highest BCUT2D eigenvalue weighted by Crippen LogP contribution is 2.63. The molecule has 0 saturated heterocycles. The van der Waals surface area contributed by atoms with Crippen LogP contribution in [0.5, 0.6) is 5.75 Å². The molecule has 0 spiro atoms. The molecule has 0 heterocycles. The van der Waals surface area contributed by atoms with Gasteiger partial charge in [-0.05, 0) is 29.8 Å². The van der Waals surface area contributed by atoms with Gasteiger partial charge >= 0.3 is 0 Å². The molecule has 1 aliphatic rings. The Bertz CT molecular complexity index is 795. The summed E-state index contributed by atoms with van der Waals surface area (Å²) in [6, 6.07) is 15.2. The molecular formula is C18H20O5S. The van der Waals surface area contributed by atoms with E-state index in [9.17, 15) is 18.6 Å². The van der Waals surface area contributed by atoms with E-state index in [0.717, 1.165) is 5.56 Å². The van der Waals surface area contributed by atoms with Gasteiger partial charge in [0.05, 0.1) is 30.5 Å². The van der Waals surface area contributed by atoms with Gasteiger partial charge < -0.3 is 14.9 Å². The molecule has 2 atom stereocenters. The Labute approximate surface area is 141 Å². The van der Waals surface area contributed by atoms with E-state index < -0.39 is 39.6 Å². The first kappa shape index (κ1) is 17.0. The van der Waals surface area contributed by atoms with Crippen molar-refractivity contribution in [3.05, 3.63) is 60.2 Å². The van der Waals surface area contributed by atoms with E-state index in [-0.39, 0.29) is 4.90 Å². The number of rotatable bonds is 6. The third-order valence-corrected chi connectivity index (χ3v) is 7.19. The summed E-state index contributed by atoms with van der Waals surface area (Å²) < 4.78 is 31.1. The van der Waals surface area contributed by atoms with Crippen LogP contribution in [0.1, 0.15) is 11.5 Å². The summed E-state index contributed by atoms with van der Waals surface area (Å²) in [4.78, 5) is 0.206. The summed E-state index contributed by atoms with van der Waals surface area (Å²) in [6.07, 6.45) is 0. The van der Waals surface area contributed by atoms with Crippen molar-refractivity contribution in [1.82, 2.24) is 0 Å². The van der Waals surface area contributed by atoms with E-state index in [2.05, 4.69) is 0 Å². The molecule has 6 heteroatoms. The molecule has 1 aliphatic carbocycles. The molecule has 2 unspecified atom stereocenters. The van der Waals surface area contributed by atoms with Crippen molar-refractivity contribution in [2.45, 2.75) is 16.1 Å². The van der Waals surface area contributed by atoms with E-state index in [1.807, 2.05) is 0 Å². The van der Waals surface area contributed by atoms with Crippen LogP contribution in [-0.2, 0) is 9.84 Å². The molecule has 0 amide bonds. The van der Waals surface area contributed by atoms with Gasteiger partial charge in [-0.1, -0.05) is 30.3 Å². The molecule has 24 heavy (non-hydrogen) atoms. The maximum atomic E-state index is 13.0. The largest absolute Gasteiger partial charge is 0.497 e. The first-order valence-corrected chi connectivity index (χ1v) is 9.20. The molecule has 2 N–H and O–H groups in total. The van der Waals surface area contributed by atoms with Gasteiger partial charge in [0.1, 0.15) is 5.75 Å². The SMILES string of the molecule is COc1ccc(C2C(S(=O)(=O)c3ccccc3)C2(CO)CO)cc1. The molecule has 0 radical (unpaired) electrons. The van der Waals surface area contributed by atoms with Crippen LogP contribution in [0.15, 0.2) is 59.5 Å². The molecule has 128 valence electrons. The highest BCUT2D eigenvalue weighted by atomic mass is 32.2. The predicted octanol–water partition coefficient (Wildman–Crippen LogP) is 1.61. The predicted molar refractivity (Wildman–Crippen MR) is 89.8 cm³/mol. The Kier molecular flexibility index (Phi) is 4.38. The van der Waals surface area contributed by atoms with Gasteiger partial charge in [0.25, 0.3) is 0 Å². The minimum Gasteiger partial charge on any atom is -0.497 e. The van der Waals surface area contributed by atoms with Gasteiger partial charge in [-0.3, -0.25) is 0 Å². The van der Waals surface area contributed by atoms with Crippen molar-refractivity contribution in [2.75, 3.05) is 20.3 Å². The van der Waals surface area contributed by atoms with Gasteiger partial charge in [-0.2, -0.15) is 0 Å². The molecule has 0 aliphatic heterocycles. The lowest BCUT2D eigenvalue weighted by atomic mass is 10.0. The number of aliphatic hydroxyl groups is 2. The number of hydrogen-bond donors (Lipinski definition) is 2. The smallest absolute Gasteiger partial charge is 0.182 e. The topological polar surface area (TPSA) is 83.8 Å². The lowest BCUT2D eigenvalue weighted by molar-refractivity contribution is 0.130. The van der Waals surface area contributed by atoms with Crippen molar-refractivity contribution in [3.63, 3.8) is 0 Å².